The van der Waals surface area contributed by atoms with Crippen molar-refractivity contribution in [3.8, 4) is 0 Å². The molecule has 1 N–H and O–H groups in total. The minimum Gasteiger partial charge on any atom is -0.465 e. The first kappa shape index (κ1) is 21.4. The Bertz CT molecular complexity index is 969. The molecule has 0 aliphatic rings. The largest absolute Gasteiger partial charge is 0.465 e. The zero-order valence-corrected chi connectivity index (χ0v) is 17.2. The Morgan fingerprint density at radius 1 is 1.07 bits per heavy atom. The van der Waals surface area contributed by atoms with Crippen molar-refractivity contribution in [1.82, 2.24) is 0 Å². The lowest BCUT2D eigenvalue weighted by Crippen LogP contribution is -2.32. The normalized spacial score (nSPS) is 11.0. The van der Waals surface area contributed by atoms with Gasteiger partial charge in [-0.05, 0) is 62.7 Å². The summed E-state index contributed by atoms with van der Waals surface area (Å²) < 4.78 is 30.3. The zero-order chi connectivity index (χ0) is 20.9. The van der Waals surface area contributed by atoms with Crippen LogP contribution in [-0.2, 0) is 14.8 Å². The van der Waals surface area contributed by atoms with Crippen molar-refractivity contribution in [2.75, 3.05) is 29.0 Å². The highest BCUT2D eigenvalue weighted by Gasteiger charge is 2.19. The van der Waals surface area contributed by atoms with Crippen molar-refractivity contribution >= 4 is 33.3 Å². The van der Waals surface area contributed by atoms with E-state index in [2.05, 4.69) is 5.32 Å². The number of methoxy groups -OCH3 is 1. The summed E-state index contributed by atoms with van der Waals surface area (Å²) in [6.07, 6.45) is 0. The molecule has 28 heavy (non-hydrogen) atoms. The molecule has 2 aromatic rings. The third-order valence-electron chi connectivity index (χ3n) is 4.39. The molecule has 0 radical (unpaired) electrons. The van der Waals surface area contributed by atoms with Gasteiger partial charge in [-0.15, -0.1) is 0 Å². The molecule has 8 heteroatoms. The molecule has 0 spiro atoms. The van der Waals surface area contributed by atoms with Gasteiger partial charge in [0.1, 0.15) is 0 Å². The smallest absolute Gasteiger partial charge is 0.338 e. The second-order valence-electron chi connectivity index (χ2n) is 6.04. The average molecular weight is 404 g/mol. The molecule has 150 valence electrons. The Hall–Kier alpha value is -2.87. The number of ether oxygens (including phenoxy) is 1. The fraction of sp³-hybridized carbons (Fsp3) is 0.300. The van der Waals surface area contributed by atoms with Crippen LogP contribution in [0.1, 0.15) is 40.1 Å². The monoisotopic (exact) mass is 404 g/mol. The number of esters is 1. The second kappa shape index (κ2) is 8.88. The third kappa shape index (κ3) is 4.51. The van der Waals surface area contributed by atoms with Crippen molar-refractivity contribution in [3.63, 3.8) is 0 Å². The number of carbonyl (C=O) groups is 2. The molecular formula is C20H24N2O5S. The summed E-state index contributed by atoms with van der Waals surface area (Å²) >= 11 is 0. The van der Waals surface area contributed by atoms with Crippen LogP contribution in [0.2, 0.25) is 0 Å². The van der Waals surface area contributed by atoms with E-state index in [1.807, 2.05) is 0 Å². The fourth-order valence-electron chi connectivity index (χ4n) is 2.77. The molecule has 0 aromatic heterocycles. The van der Waals surface area contributed by atoms with Crippen LogP contribution in [0.5, 0.6) is 0 Å². The first-order chi connectivity index (χ1) is 13.2. The van der Waals surface area contributed by atoms with E-state index in [4.69, 9.17) is 4.74 Å². The molecule has 0 atom stereocenters. The number of hydrogen-bond donors (Lipinski definition) is 1. The van der Waals surface area contributed by atoms with Crippen LogP contribution in [-0.4, -0.2) is 39.7 Å². The molecular weight excluding hydrogens is 380 g/mol. The van der Waals surface area contributed by atoms with E-state index in [-0.39, 0.29) is 11.7 Å². The van der Waals surface area contributed by atoms with E-state index in [1.165, 1.54) is 11.4 Å². The second-order valence-corrected chi connectivity index (χ2v) is 8.22. The molecule has 0 bridgehead atoms. The van der Waals surface area contributed by atoms with Crippen molar-refractivity contribution in [2.45, 2.75) is 20.8 Å². The zero-order valence-electron chi connectivity index (χ0n) is 16.4. The molecule has 0 aliphatic heterocycles. The van der Waals surface area contributed by atoms with Gasteiger partial charge in [0.2, 0.25) is 10.0 Å². The maximum atomic E-state index is 12.6. The van der Waals surface area contributed by atoms with Crippen molar-refractivity contribution in [3.05, 3.63) is 59.2 Å². The molecule has 7 nitrogen and oxygen atoms in total. The van der Waals surface area contributed by atoms with Crippen molar-refractivity contribution < 1.29 is 22.7 Å². The lowest BCUT2D eigenvalue weighted by molar-refractivity contribution is 0.0599. The van der Waals surface area contributed by atoms with Crippen LogP contribution in [0, 0.1) is 6.92 Å². The van der Waals surface area contributed by atoms with Crippen LogP contribution in [0.3, 0.4) is 0 Å². The molecule has 0 aliphatic carbocycles. The molecule has 1 amide bonds. The van der Waals surface area contributed by atoms with E-state index in [0.717, 1.165) is 0 Å². The highest BCUT2D eigenvalue weighted by Crippen LogP contribution is 2.22. The van der Waals surface area contributed by atoms with Gasteiger partial charge in [-0.25, -0.2) is 13.2 Å². The third-order valence-corrected chi connectivity index (χ3v) is 6.26. The number of nitrogens with one attached hydrogen (secondary N) is 1. The van der Waals surface area contributed by atoms with Crippen LogP contribution in [0.4, 0.5) is 11.4 Å². The Labute approximate surface area is 165 Å². The van der Waals surface area contributed by atoms with Crippen LogP contribution >= 0.6 is 0 Å². The minimum absolute atomic E-state index is 0.00110. The van der Waals surface area contributed by atoms with Crippen LogP contribution in [0.25, 0.3) is 0 Å². The average Bonchev–Trinajstić information content (AvgIpc) is 2.69. The van der Waals surface area contributed by atoms with Crippen LogP contribution in [0.15, 0.2) is 42.5 Å². The minimum atomic E-state index is -3.38. The topological polar surface area (TPSA) is 92.8 Å². The molecule has 0 unspecified atom stereocenters. The molecule has 0 saturated heterocycles. The lowest BCUT2D eigenvalue weighted by atomic mass is 10.1. The first-order valence-corrected chi connectivity index (χ1v) is 10.5. The molecule has 0 fully saturated rings. The van der Waals surface area contributed by atoms with Gasteiger partial charge in [0.15, 0.2) is 0 Å². The summed E-state index contributed by atoms with van der Waals surface area (Å²) in [6.45, 7) is 5.37. The standard InChI is InChI=1S/C20H24N2O5S/c1-5-22(28(25,26)6-2)16-12-10-15(11-13-16)19(23)21-18-9-7-8-17(14(18)3)20(24)27-4/h7-13H,5-6H2,1-4H3,(H,21,23). The van der Waals surface area contributed by atoms with Crippen molar-refractivity contribution in [2.24, 2.45) is 0 Å². The number of sulfonamides is 1. The summed E-state index contributed by atoms with van der Waals surface area (Å²) in [6, 6.07) is 11.3. The highest BCUT2D eigenvalue weighted by atomic mass is 32.2. The van der Waals surface area contributed by atoms with E-state index in [1.54, 1.807) is 63.2 Å². The van der Waals surface area contributed by atoms with Gasteiger partial charge in [0, 0.05) is 17.8 Å². The molecule has 2 aromatic carbocycles. The quantitative estimate of drug-likeness (QED) is 0.716. The van der Waals surface area contributed by atoms with Gasteiger partial charge in [-0.1, -0.05) is 6.07 Å². The number of amides is 1. The van der Waals surface area contributed by atoms with Gasteiger partial charge in [0.05, 0.1) is 24.1 Å². The predicted molar refractivity (Wildman–Crippen MR) is 109 cm³/mol. The van der Waals surface area contributed by atoms with E-state index >= 15 is 0 Å². The molecule has 2 rings (SSSR count). The molecule has 0 saturated carbocycles. The summed E-state index contributed by atoms with van der Waals surface area (Å²) in [7, 11) is -2.08. The summed E-state index contributed by atoms with van der Waals surface area (Å²) in [5, 5.41) is 2.77. The SMILES string of the molecule is CCN(c1ccc(C(=O)Nc2cccc(C(=O)OC)c2C)cc1)S(=O)(=O)CC. The van der Waals surface area contributed by atoms with E-state index in [0.29, 0.717) is 34.6 Å². The summed E-state index contributed by atoms with van der Waals surface area (Å²) in [5.74, 6) is -0.841. The van der Waals surface area contributed by atoms with Gasteiger partial charge < -0.3 is 10.1 Å². The Kier molecular flexibility index (Phi) is 6.80. The van der Waals surface area contributed by atoms with E-state index < -0.39 is 16.0 Å². The predicted octanol–water partition coefficient (Wildman–Crippen LogP) is 3.21. The van der Waals surface area contributed by atoms with Gasteiger partial charge in [-0.2, -0.15) is 0 Å². The fourth-order valence-corrected chi connectivity index (χ4v) is 3.92. The summed E-state index contributed by atoms with van der Waals surface area (Å²) in [4.78, 5) is 24.4. The number of hydrogen-bond acceptors (Lipinski definition) is 5. The summed E-state index contributed by atoms with van der Waals surface area (Å²) in [5.41, 5.74) is 2.35. The molecule has 0 heterocycles. The Morgan fingerprint density at radius 2 is 1.71 bits per heavy atom. The lowest BCUT2D eigenvalue weighted by Gasteiger charge is -2.22. The number of nitrogens with zero attached hydrogens (tertiary/aromatic N) is 1. The number of anilines is 2. The first-order valence-electron chi connectivity index (χ1n) is 8.84. The number of benzene rings is 2. The van der Waals surface area contributed by atoms with Gasteiger partial charge in [-0.3, -0.25) is 9.10 Å². The number of rotatable bonds is 7. The van der Waals surface area contributed by atoms with Crippen LogP contribution < -0.4 is 9.62 Å². The maximum absolute atomic E-state index is 12.6. The highest BCUT2D eigenvalue weighted by molar-refractivity contribution is 7.92. The van der Waals surface area contributed by atoms with Gasteiger partial charge in [0.25, 0.3) is 5.91 Å². The van der Waals surface area contributed by atoms with Crippen molar-refractivity contribution in [1.29, 1.82) is 0 Å². The van der Waals surface area contributed by atoms with E-state index in [9.17, 15) is 18.0 Å². The number of carbonyl (C=O) groups excluding carboxylic acids is 2. The Balaban J connectivity index is 2.24. The Morgan fingerprint density at radius 3 is 2.25 bits per heavy atom. The maximum Gasteiger partial charge on any atom is 0.338 e. The van der Waals surface area contributed by atoms with Gasteiger partial charge >= 0.3 is 5.97 Å².